The van der Waals surface area contributed by atoms with Gasteiger partial charge in [-0.25, -0.2) is 4.79 Å². The Morgan fingerprint density at radius 1 is 1.10 bits per heavy atom. The quantitative estimate of drug-likeness (QED) is 0.844. The van der Waals surface area contributed by atoms with E-state index in [1.54, 1.807) is 0 Å². The largest absolute Gasteiger partial charge is 0.338 e. The maximum atomic E-state index is 11.8. The first-order valence-electron chi connectivity index (χ1n) is 6.91. The SMILES string of the molecule is Cc1ccc(CCNC(=O)Nc2ccc(Br)cc2)c(C)c1. The fourth-order valence-corrected chi connectivity index (χ4v) is 2.41. The van der Waals surface area contributed by atoms with Crippen molar-refractivity contribution in [3.63, 3.8) is 0 Å². The van der Waals surface area contributed by atoms with Crippen LogP contribution in [-0.4, -0.2) is 12.6 Å². The number of nitrogens with one attached hydrogen (secondary N) is 2. The summed E-state index contributed by atoms with van der Waals surface area (Å²) in [6.07, 6.45) is 0.833. The number of halogens is 1. The molecule has 2 aromatic carbocycles. The number of rotatable bonds is 4. The minimum Gasteiger partial charge on any atom is -0.338 e. The van der Waals surface area contributed by atoms with E-state index in [2.05, 4.69) is 58.6 Å². The molecule has 0 saturated heterocycles. The molecule has 0 aromatic heterocycles. The molecule has 0 aliphatic carbocycles. The summed E-state index contributed by atoms with van der Waals surface area (Å²) in [4.78, 5) is 11.8. The first kappa shape index (κ1) is 15.6. The van der Waals surface area contributed by atoms with Crippen LogP contribution in [0.3, 0.4) is 0 Å². The molecule has 0 bridgehead atoms. The van der Waals surface area contributed by atoms with Crippen molar-refractivity contribution in [1.82, 2.24) is 5.32 Å². The molecule has 110 valence electrons. The number of hydrogen-bond donors (Lipinski definition) is 2. The molecule has 0 unspecified atom stereocenters. The Bertz CT molecular complexity index is 623. The molecule has 0 atom stereocenters. The lowest BCUT2D eigenvalue weighted by atomic mass is 10.0. The predicted octanol–water partition coefficient (Wildman–Crippen LogP) is 4.43. The van der Waals surface area contributed by atoms with Crippen molar-refractivity contribution in [1.29, 1.82) is 0 Å². The number of amides is 2. The van der Waals surface area contributed by atoms with Crippen LogP contribution in [0.5, 0.6) is 0 Å². The van der Waals surface area contributed by atoms with Gasteiger partial charge in [0.2, 0.25) is 0 Å². The van der Waals surface area contributed by atoms with Crippen molar-refractivity contribution in [2.45, 2.75) is 20.3 Å². The van der Waals surface area contributed by atoms with Crippen molar-refractivity contribution in [3.8, 4) is 0 Å². The number of anilines is 1. The van der Waals surface area contributed by atoms with E-state index in [1.165, 1.54) is 16.7 Å². The molecular formula is C17H19BrN2O. The van der Waals surface area contributed by atoms with Crippen molar-refractivity contribution in [2.24, 2.45) is 0 Å². The summed E-state index contributed by atoms with van der Waals surface area (Å²) in [7, 11) is 0. The summed E-state index contributed by atoms with van der Waals surface area (Å²) >= 11 is 3.36. The second kappa shape index (κ2) is 7.27. The Morgan fingerprint density at radius 2 is 1.81 bits per heavy atom. The average molecular weight is 347 g/mol. The molecule has 2 aromatic rings. The Balaban J connectivity index is 1.80. The van der Waals surface area contributed by atoms with Gasteiger partial charge in [-0.2, -0.15) is 0 Å². The molecule has 0 aliphatic heterocycles. The monoisotopic (exact) mass is 346 g/mol. The molecule has 4 heteroatoms. The average Bonchev–Trinajstić information content (AvgIpc) is 2.44. The maximum Gasteiger partial charge on any atom is 0.319 e. The summed E-state index contributed by atoms with van der Waals surface area (Å²) in [5.74, 6) is 0. The van der Waals surface area contributed by atoms with Crippen LogP contribution in [0.25, 0.3) is 0 Å². The molecule has 21 heavy (non-hydrogen) atoms. The van der Waals surface area contributed by atoms with Gasteiger partial charge < -0.3 is 10.6 Å². The van der Waals surface area contributed by atoms with E-state index in [-0.39, 0.29) is 6.03 Å². The lowest BCUT2D eigenvalue weighted by Crippen LogP contribution is -2.30. The zero-order chi connectivity index (χ0) is 15.2. The van der Waals surface area contributed by atoms with Gasteiger partial charge in [-0.15, -0.1) is 0 Å². The predicted molar refractivity (Wildman–Crippen MR) is 90.8 cm³/mol. The Kier molecular flexibility index (Phi) is 5.39. The van der Waals surface area contributed by atoms with E-state index in [0.29, 0.717) is 6.54 Å². The normalized spacial score (nSPS) is 10.2. The third-order valence-electron chi connectivity index (χ3n) is 3.28. The third kappa shape index (κ3) is 4.90. The van der Waals surface area contributed by atoms with Gasteiger partial charge in [0.05, 0.1) is 0 Å². The summed E-state index contributed by atoms with van der Waals surface area (Å²) in [6.45, 7) is 4.80. The van der Waals surface area contributed by atoms with Gasteiger partial charge in [0, 0.05) is 16.7 Å². The van der Waals surface area contributed by atoms with E-state index in [9.17, 15) is 4.79 Å². The van der Waals surface area contributed by atoms with Gasteiger partial charge in [0.15, 0.2) is 0 Å². The molecule has 2 amide bonds. The van der Waals surface area contributed by atoms with Crippen LogP contribution in [-0.2, 0) is 6.42 Å². The number of hydrogen-bond acceptors (Lipinski definition) is 1. The molecule has 0 spiro atoms. The number of aryl methyl sites for hydroxylation is 2. The minimum absolute atomic E-state index is 0.179. The molecule has 0 saturated carbocycles. The number of carbonyl (C=O) groups is 1. The lowest BCUT2D eigenvalue weighted by molar-refractivity contribution is 0.252. The Hall–Kier alpha value is -1.81. The highest BCUT2D eigenvalue weighted by atomic mass is 79.9. The first-order chi connectivity index (χ1) is 10.0. The number of carbonyl (C=O) groups excluding carboxylic acids is 1. The lowest BCUT2D eigenvalue weighted by Gasteiger charge is -2.09. The Morgan fingerprint density at radius 3 is 2.48 bits per heavy atom. The van der Waals surface area contributed by atoms with Crippen LogP contribution >= 0.6 is 15.9 Å². The van der Waals surface area contributed by atoms with Crippen molar-refractivity contribution in [2.75, 3.05) is 11.9 Å². The smallest absolute Gasteiger partial charge is 0.319 e. The molecule has 2 N–H and O–H groups in total. The van der Waals surface area contributed by atoms with Crippen LogP contribution in [0.15, 0.2) is 46.9 Å². The van der Waals surface area contributed by atoms with Crippen LogP contribution in [0.2, 0.25) is 0 Å². The van der Waals surface area contributed by atoms with E-state index >= 15 is 0 Å². The maximum absolute atomic E-state index is 11.8. The highest BCUT2D eigenvalue weighted by molar-refractivity contribution is 9.10. The van der Waals surface area contributed by atoms with Gasteiger partial charge in [0.1, 0.15) is 0 Å². The fourth-order valence-electron chi connectivity index (χ4n) is 2.15. The van der Waals surface area contributed by atoms with Gasteiger partial charge in [-0.1, -0.05) is 39.7 Å². The zero-order valence-electron chi connectivity index (χ0n) is 12.2. The molecule has 0 aliphatic rings. The molecule has 2 rings (SSSR count). The highest BCUT2D eigenvalue weighted by Gasteiger charge is 2.03. The van der Waals surface area contributed by atoms with Gasteiger partial charge in [-0.05, 0) is 55.7 Å². The second-order valence-corrected chi connectivity index (χ2v) is 5.98. The van der Waals surface area contributed by atoms with E-state index in [0.717, 1.165) is 16.6 Å². The Labute approximate surface area is 133 Å². The standard InChI is InChI=1S/C17H19BrN2O/c1-12-3-4-14(13(2)11-12)9-10-19-17(21)20-16-7-5-15(18)6-8-16/h3-8,11H,9-10H2,1-2H3,(H2,19,20,21). The van der Waals surface area contributed by atoms with Crippen molar-refractivity contribution >= 4 is 27.6 Å². The number of urea groups is 1. The molecular weight excluding hydrogens is 328 g/mol. The van der Waals surface area contributed by atoms with Gasteiger partial charge in [0.25, 0.3) is 0 Å². The highest BCUT2D eigenvalue weighted by Crippen LogP contribution is 2.14. The minimum atomic E-state index is -0.179. The molecule has 0 radical (unpaired) electrons. The van der Waals surface area contributed by atoms with Crippen LogP contribution in [0, 0.1) is 13.8 Å². The van der Waals surface area contributed by atoms with E-state index in [1.807, 2.05) is 24.3 Å². The van der Waals surface area contributed by atoms with Gasteiger partial charge in [-0.3, -0.25) is 0 Å². The third-order valence-corrected chi connectivity index (χ3v) is 3.81. The van der Waals surface area contributed by atoms with E-state index < -0.39 is 0 Å². The van der Waals surface area contributed by atoms with Gasteiger partial charge >= 0.3 is 6.03 Å². The fraction of sp³-hybridized carbons (Fsp3) is 0.235. The molecule has 0 fully saturated rings. The summed E-state index contributed by atoms with van der Waals surface area (Å²) < 4.78 is 0.989. The number of benzene rings is 2. The second-order valence-electron chi connectivity index (χ2n) is 5.07. The van der Waals surface area contributed by atoms with Crippen LogP contribution in [0.1, 0.15) is 16.7 Å². The zero-order valence-corrected chi connectivity index (χ0v) is 13.8. The molecule has 0 heterocycles. The van der Waals surface area contributed by atoms with Crippen LogP contribution < -0.4 is 10.6 Å². The van der Waals surface area contributed by atoms with Crippen molar-refractivity contribution in [3.05, 3.63) is 63.6 Å². The van der Waals surface area contributed by atoms with E-state index in [4.69, 9.17) is 0 Å². The molecule has 3 nitrogen and oxygen atoms in total. The summed E-state index contributed by atoms with van der Waals surface area (Å²) in [6, 6.07) is 13.7. The summed E-state index contributed by atoms with van der Waals surface area (Å²) in [5, 5.41) is 5.68. The first-order valence-corrected chi connectivity index (χ1v) is 7.70. The van der Waals surface area contributed by atoms with Crippen LogP contribution in [0.4, 0.5) is 10.5 Å². The topological polar surface area (TPSA) is 41.1 Å². The summed E-state index contributed by atoms with van der Waals surface area (Å²) in [5.41, 5.74) is 4.58. The van der Waals surface area contributed by atoms with Crippen molar-refractivity contribution < 1.29 is 4.79 Å².